The van der Waals surface area contributed by atoms with Crippen LogP contribution >= 0.6 is 0 Å². The largest absolute Gasteiger partial charge is 0.481 e. The van der Waals surface area contributed by atoms with E-state index < -0.39 is 17.9 Å². The van der Waals surface area contributed by atoms with Gasteiger partial charge in [-0.05, 0) is 49.9 Å². The van der Waals surface area contributed by atoms with Gasteiger partial charge in [-0.15, -0.1) is 5.10 Å². The van der Waals surface area contributed by atoms with Gasteiger partial charge in [-0.2, -0.15) is 0 Å². The number of carboxylic acid groups (broad SMARTS) is 1. The van der Waals surface area contributed by atoms with E-state index >= 15 is 0 Å². The molecule has 1 atom stereocenters. The summed E-state index contributed by atoms with van der Waals surface area (Å²) >= 11 is 0. The number of carboxylic acids is 1. The molecule has 0 spiro atoms. The van der Waals surface area contributed by atoms with Crippen LogP contribution in [-0.2, 0) is 9.59 Å². The van der Waals surface area contributed by atoms with Crippen molar-refractivity contribution < 1.29 is 19.5 Å². The number of amides is 2. The first-order valence-corrected chi connectivity index (χ1v) is 9.33. The summed E-state index contributed by atoms with van der Waals surface area (Å²) < 4.78 is 1.57. The van der Waals surface area contributed by atoms with Gasteiger partial charge < -0.3 is 15.3 Å². The molecule has 0 aliphatic carbocycles. The number of nitrogens with one attached hydrogen (secondary N) is 1. The number of benzene rings is 1. The van der Waals surface area contributed by atoms with E-state index in [1.54, 1.807) is 46.2 Å². The highest BCUT2D eigenvalue weighted by Crippen LogP contribution is 2.13. The number of aromatic nitrogens is 3. The fourth-order valence-corrected chi connectivity index (χ4v) is 3.21. The Labute approximate surface area is 162 Å². The van der Waals surface area contributed by atoms with Crippen LogP contribution in [0.1, 0.15) is 42.5 Å². The zero-order valence-electron chi connectivity index (χ0n) is 15.5. The maximum Gasteiger partial charge on any atom is 0.303 e. The molecule has 1 aliphatic heterocycles. The molecule has 1 aromatic carbocycles. The average Bonchev–Trinajstić information content (AvgIpc) is 3.26. The minimum atomic E-state index is -0.997. The zero-order chi connectivity index (χ0) is 19.9. The minimum Gasteiger partial charge on any atom is -0.481 e. The normalized spacial score (nSPS) is 15.1. The van der Waals surface area contributed by atoms with E-state index in [1.807, 2.05) is 0 Å². The van der Waals surface area contributed by atoms with Crippen LogP contribution in [0.15, 0.2) is 36.7 Å². The summed E-state index contributed by atoms with van der Waals surface area (Å²) in [6, 6.07) is 5.86. The van der Waals surface area contributed by atoms with Gasteiger partial charge >= 0.3 is 5.97 Å². The summed E-state index contributed by atoms with van der Waals surface area (Å²) in [7, 11) is 0. The molecule has 1 fully saturated rings. The van der Waals surface area contributed by atoms with Crippen molar-refractivity contribution in [2.75, 3.05) is 13.1 Å². The van der Waals surface area contributed by atoms with Gasteiger partial charge in [0.25, 0.3) is 5.91 Å². The first kappa shape index (κ1) is 19.5. The van der Waals surface area contributed by atoms with Crippen molar-refractivity contribution in [2.45, 2.75) is 38.1 Å². The molecule has 2 N–H and O–H groups in total. The highest BCUT2D eigenvalue weighted by molar-refractivity contribution is 5.97. The van der Waals surface area contributed by atoms with Crippen LogP contribution in [-0.4, -0.2) is 61.9 Å². The van der Waals surface area contributed by atoms with E-state index in [0.717, 1.165) is 24.9 Å². The highest BCUT2D eigenvalue weighted by Gasteiger charge is 2.27. The van der Waals surface area contributed by atoms with E-state index in [-0.39, 0.29) is 18.7 Å². The lowest BCUT2D eigenvalue weighted by Crippen LogP contribution is -2.50. The van der Waals surface area contributed by atoms with E-state index in [0.29, 0.717) is 18.7 Å². The monoisotopic (exact) mass is 385 g/mol. The van der Waals surface area contributed by atoms with Crippen LogP contribution in [0.3, 0.4) is 0 Å². The Morgan fingerprint density at radius 2 is 1.82 bits per heavy atom. The first-order chi connectivity index (χ1) is 13.5. The maximum absolute atomic E-state index is 12.8. The number of rotatable bonds is 7. The molecule has 1 saturated heterocycles. The van der Waals surface area contributed by atoms with Gasteiger partial charge in [-0.3, -0.25) is 14.4 Å². The molecule has 0 bridgehead atoms. The molecule has 9 heteroatoms. The van der Waals surface area contributed by atoms with E-state index in [2.05, 4.69) is 15.6 Å². The second kappa shape index (κ2) is 9.12. The number of carbonyl (C=O) groups excluding carboxylic acids is 2. The Hall–Kier alpha value is -3.23. The van der Waals surface area contributed by atoms with Crippen LogP contribution in [0.4, 0.5) is 0 Å². The first-order valence-electron chi connectivity index (χ1n) is 9.33. The molecular weight excluding hydrogens is 362 g/mol. The number of hydrogen-bond donors (Lipinski definition) is 2. The van der Waals surface area contributed by atoms with Gasteiger partial charge in [0, 0.05) is 25.1 Å². The van der Waals surface area contributed by atoms with Crippen LogP contribution in [0.5, 0.6) is 0 Å². The fraction of sp³-hybridized carbons (Fsp3) is 0.421. The quantitative estimate of drug-likeness (QED) is 0.741. The summed E-state index contributed by atoms with van der Waals surface area (Å²) in [5, 5.41) is 19.3. The van der Waals surface area contributed by atoms with E-state index in [1.165, 1.54) is 0 Å². The van der Waals surface area contributed by atoms with Gasteiger partial charge in [-0.1, -0.05) is 5.21 Å². The third kappa shape index (κ3) is 4.93. The minimum absolute atomic E-state index is 0.0629. The van der Waals surface area contributed by atoms with Crippen molar-refractivity contribution in [3.8, 4) is 5.69 Å². The molecule has 2 heterocycles. The Balaban J connectivity index is 1.68. The molecular formula is C19H23N5O4. The van der Waals surface area contributed by atoms with Gasteiger partial charge in [0.15, 0.2) is 0 Å². The zero-order valence-corrected chi connectivity index (χ0v) is 15.5. The summed E-state index contributed by atoms with van der Waals surface area (Å²) in [5.74, 6) is -1.62. The van der Waals surface area contributed by atoms with Gasteiger partial charge in [0.1, 0.15) is 6.04 Å². The van der Waals surface area contributed by atoms with Crippen molar-refractivity contribution in [2.24, 2.45) is 0 Å². The standard InChI is InChI=1S/C19H23N5O4/c25-17(26)9-8-16(19(28)23-11-2-1-3-12-23)21-18(27)14-4-6-15(7-5-14)24-13-10-20-22-24/h4-7,10,13,16H,1-3,8-9,11-12H2,(H,21,27)(H,25,26)/t16-/m0/s1. The number of hydrogen-bond acceptors (Lipinski definition) is 5. The molecule has 0 unspecified atom stereocenters. The summed E-state index contributed by atoms with van der Waals surface area (Å²) in [6.07, 6.45) is 6.05. The topological polar surface area (TPSA) is 117 Å². The molecule has 2 aromatic rings. The van der Waals surface area contributed by atoms with Gasteiger partial charge in [-0.25, -0.2) is 4.68 Å². The number of nitrogens with zero attached hydrogens (tertiary/aromatic N) is 4. The predicted molar refractivity (Wildman–Crippen MR) is 99.9 cm³/mol. The van der Waals surface area contributed by atoms with Gasteiger partial charge in [0.2, 0.25) is 5.91 Å². The summed E-state index contributed by atoms with van der Waals surface area (Å²) in [5.41, 5.74) is 1.14. The van der Waals surface area contributed by atoms with Crippen molar-refractivity contribution in [3.05, 3.63) is 42.2 Å². The Morgan fingerprint density at radius 1 is 1.11 bits per heavy atom. The lowest BCUT2D eigenvalue weighted by Gasteiger charge is -2.30. The third-order valence-electron chi connectivity index (χ3n) is 4.73. The number of aliphatic carboxylic acids is 1. The van der Waals surface area contributed by atoms with Crippen molar-refractivity contribution >= 4 is 17.8 Å². The van der Waals surface area contributed by atoms with Gasteiger partial charge in [0.05, 0.1) is 18.1 Å². The van der Waals surface area contributed by atoms with E-state index in [4.69, 9.17) is 5.11 Å². The number of piperidine rings is 1. The number of carbonyl (C=O) groups is 3. The summed E-state index contributed by atoms with van der Waals surface area (Å²) in [4.78, 5) is 38.1. The molecule has 0 saturated carbocycles. The fourth-order valence-electron chi connectivity index (χ4n) is 3.21. The van der Waals surface area contributed by atoms with Crippen LogP contribution < -0.4 is 5.32 Å². The molecule has 1 aromatic heterocycles. The highest BCUT2D eigenvalue weighted by atomic mass is 16.4. The maximum atomic E-state index is 12.8. The Bertz CT molecular complexity index is 813. The lowest BCUT2D eigenvalue weighted by molar-refractivity contribution is -0.138. The second-order valence-corrected chi connectivity index (χ2v) is 6.74. The van der Waals surface area contributed by atoms with Crippen molar-refractivity contribution in [1.82, 2.24) is 25.2 Å². The number of likely N-dealkylation sites (tertiary alicyclic amines) is 1. The molecule has 0 radical (unpaired) electrons. The van der Waals surface area contributed by atoms with Crippen LogP contribution in [0.2, 0.25) is 0 Å². The molecule has 2 amide bonds. The Morgan fingerprint density at radius 3 is 2.43 bits per heavy atom. The lowest BCUT2D eigenvalue weighted by atomic mass is 10.1. The third-order valence-corrected chi connectivity index (χ3v) is 4.73. The Kier molecular flexibility index (Phi) is 6.36. The SMILES string of the molecule is O=C(O)CC[C@H](NC(=O)c1ccc(-n2ccnn2)cc1)C(=O)N1CCCCC1. The molecule has 3 rings (SSSR count). The molecule has 28 heavy (non-hydrogen) atoms. The second-order valence-electron chi connectivity index (χ2n) is 6.74. The predicted octanol–water partition coefficient (Wildman–Crippen LogP) is 1.24. The van der Waals surface area contributed by atoms with Crippen LogP contribution in [0.25, 0.3) is 5.69 Å². The molecule has 9 nitrogen and oxygen atoms in total. The van der Waals surface area contributed by atoms with E-state index in [9.17, 15) is 14.4 Å². The molecule has 148 valence electrons. The van der Waals surface area contributed by atoms with Crippen molar-refractivity contribution in [3.63, 3.8) is 0 Å². The smallest absolute Gasteiger partial charge is 0.303 e. The van der Waals surface area contributed by atoms with Crippen molar-refractivity contribution in [1.29, 1.82) is 0 Å². The van der Waals surface area contributed by atoms with Crippen LogP contribution in [0, 0.1) is 0 Å². The summed E-state index contributed by atoms with van der Waals surface area (Å²) in [6.45, 7) is 1.29. The molecule has 1 aliphatic rings. The average molecular weight is 385 g/mol.